The summed E-state index contributed by atoms with van der Waals surface area (Å²) in [4.78, 5) is 4.57. The molecule has 0 spiro atoms. The molecule has 0 fully saturated rings. The number of hydrazine groups is 1. The lowest BCUT2D eigenvalue weighted by Gasteiger charge is -2.23. The first-order valence-corrected chi connectivity index (χ1v) is 7.02. The van der Waals surface area contributed by atoms with Gasteiger partial charge in [0.25, 0.3) is 0 Å². The number of nitrogens with one attached hydrogen (secondary N) is 1. The van der Waals surface area contributed by atoms with Crippen LogP contribution in [0.1, 0.15) is 39.6 Å². The molecule has 112 valence electrons. The van der Waals surface area contributed by atoms with Gasteiger partial charge in [0, 0.05) is 11.8 Å². The first kappa shape index (κ1) is 15.5. The van der Waals surface area contributed by atoms with E-state index in [1.54, 1.807) is 7.11 Å². The Morgan fingerprint density at radius 2 is 1.71 bits per heavy atom. The summed E-state index contributed by atoms with van der Waals surface area (Å²) >= 11 is 0. The summed E-state index contributed by atoms with van der Waals surface area (Å²) in [5.41, 5.74) is 9.39. The van der Waals surface area contributed by atoms with Gasteiger partial charge in [-0.05, 0) is 56.0 Å². The number of ether oxygens (including phenoxy) is 1. The highest BCUT2D eigenvalue weighted by atomic mass is 16.5. The van der Waals surface area contributed by atoms with Gasteiger partial charge in [-0.25, -0.2) is 5.43 Å². The molecule has 1 unspecified atom stereocenters. The summed E-state index contributed by atoms with van der Waals surface area (Å²) in [6.07, 6.45) is 1.86. The molecule has 1 atom stereocenters. The number of pyridine rings is 1. The molecule has 2 aromatic rings. The maximum Gasteiger partial charge on any atom is 0.124 e. The van der Waals surface area contributed by atoms with Gasteiger partial charge >= 0.3 is 0 Å². The van der Waals surface area contributed by atoms with Crippen molar-refractivity contribution in [1.29, 1.82) is 0 Å². The highest BCUT2D eigenvalue weighted by Crippen LogP contribution is 2.33. The van der Waals surface area contributed by atoms with E-state index in [0.29, 0.717) is 0 Å². The van der Waals surface area contributed by atoms with Gasteiger partial charge in [-0.15, -0.1) is 0 Å². The minimum atomic E-state index is -0.193. The molecule has 2 rings (SSSR count). The largest absolute Gasteiger partial charge is 0.496 e. The Morgan fingerprint density at radius 3 is 2.29 bits per heavy atom. The van der Waals surface area contributed by atoms with E-state index in [9.17, 15) is 0 Å². The average molecular weight is 285 g/mol. The number of nitrogens with two attached hydrogens (primary N) is 1. The second-order valence-electron chi connectivity index (χ2n) is 5.51. The smallest absolute Gasteiger partial charge is 0.124 e. The second-order valence-corrected chi connectivity index (χ2v) is 5.51. The fraction of sp³-hybridized carbons (Fsp3) is 0.353. The highest BCUT2D eigenvalue weighted by Gasteiger charge is 2.22. The third-order valence-electron chi connectivity index (χ3n) is 3.70. The standard InChI is InChI=1S/C17H23N3O/c1-10-6-12(3)15(14(8-10)21-5)17(20-18)16-13(4)7-11(2)9-19-16/h6-9,17,20H,18H2,1-5H3. The van der Waals surface area contributed by atoms with E-state index >= 15 is 0 Å². The molecule has 1 aromatic carbocycles. The molecule has 0 amide bonds. The Kier molecular flexibility index (Phi) is 4.60. The number of hydrogen-bond acceptors (Lipinski definition) is 4. The molecule has 0 aliphatic rings. The number of benzene rings is 1. The molecule has 0 aliphatic carbocycles. The van der Waals surface area contributed by atoms with Crippen LogP contribution in [0.2, 0.25) is 0 Å². The number of methoxy groups -OCH3 is 1. The van der Waals surface area contributed by atoms with Gasteiger partial charge in [0.2, 0.25) is 0 Å². The Bertz CT molecular complexity index is 653. The van der Waals surface area contributed by atoms with Crippen molar-refractivity contribution >= 4 is 0 Å². The molecule has 0 bridgehead atoms. The molecule has 1 heterocycles. The first-order valence-electron chi connectivity index (χ1n) is 7.02. The van der Waals surface area contributed by atoms with Gasteiger partial charge in [0.1, 0.15) is 5.75 Å². The quantitative estimate of drug-likeness (QED) is 0.670. The van der Waals surface area contributed by atoms with E-state index in [1.807, 2.05) is 19.2 Å². The number of aryl methyl sites for hydroxylation is 4. The summed E-state index contributed by atoms with van der Waals surface area (Å²) < 4.78 is 5.55. The van der Waals surface area contributed by atoms with Crippen molar-refractivity contribution in [2.24, 2.45) is 5.84 Å². The van der Waals surface area contributed by atoms with Crippen LogP contribution >= 0.6 is 0 Å². The topological polar surface area (TPSA) is 60.2 Å². The lowest BCUT2D eigenvalue weighted by molar-refractivity contribution is 0.402. The zero-order valence-corrected chi connectivity index (χ0v) is 13.3. The van der Waals surface area contributed by atoms with E-state index in [1.165, 1.54) is 0 Å². The highest BCUT2D eigenvalue weighted by molar-refractivity contribution is 5.48. The van der Waals surface area contributed by atoms with Crippen molar-refractivity contribution in [3.05, 3.63) is 57.9 Å². The zero-order valence-electron chi connectivity index (χ0n) is 13.3. The zero-order chi connectivity index (χ0) is 15.6. The van der Waals surface area contributed by atoms with Gasteiger partial charge in [0.15, 0.2) is 0 Å². The molecule has 3 N–H and O–H groups in total. The van der Waals surface area contributed by atoms with E-state index in [2.05, 4.69) is 43.3 Å². The third-order valence-corrected chi connectivity index (χ3v) is 3.70. The summed E-state index contributed by atoms with van der Waals surface area (Å²) in [7, 11) is 1.68. The Hall–Kier alpha value is -1.91. The average Bonchev–Trinajstić information content (AvgIpc) is 2.42. The van der Waals surface area contributed by atoms with Gasteiger partial charge in [-0.1, -0.05) is 12.1 Å². The number of hydrogen-bond donors (Lipinski definition) is 2. The molecule has 0 saturated heterocycles. The number of nitrogens with zero attached hydrogens (tertiary/aromatic N) is 1. The van der Waals surface area contributed by atoms with Gasteiger partial charge in [-0.3, -0.25) is 10.8 Å². The van der Waals surface area contributed by atoms with E-state index in [-0.39, 0.29) is 6.04 Å². The molecule has 4 heteroatoms. The number of rotatable bonds is 4. The SMILES string of the molecule is COc1cc(C)cc(C)c1C(NN)c1ncc(C)cc1C. The maximum atomic E-state index is 5.83. The van der Waals surface area contributed by atoms with Crippen LogP contribution in [0.4, 0.5) is 0 Å². The molecular formula is C17H23N3O. The minimum absolute atomic E-state index is 0.193. The Labute approximate surface area is 126 Å². The predicted octanol–water partition coefficient (Wildman–Crippen LogP) is 2.88. The van der Waals surface area contributed by atoms with Crippen LogP contribution in [0.25, 0.3) is 0 Å². The molecule has 0 saturated carbocycles. The van der Waals surface area contributed by atoms with E-state index in [0.717, 1.165) is 39.3 Å². The van der Waals surface area contributed by atoms with Crippen molar-refractivity contribution in [3.8, 4) is 5.75 Å². The molecule has 0 radical (unpaired) electrons. The minimum Gasteiger partial charge on any atom is -0.496 e. The van der Waals surface area contributed by atoms with Crippen LogP contribution in [0, 0.1) is 27.7 Å². The van der Waals surface area contributed by atoms with Crippen molar-refractivity contribution in [2.45, 2.75) is 33.7 Å². The Balaban J connectivity index is 2.61. The number of aromatic nitrogens is 1. The molecule has 0 aliphatic heterocycles. The first-order chi connectivity index (χ1) is 9.97. The monoisotopic (exact) mass is 285 g/mol. The van der Waals surface area contributed by atoms with Gasteiger partial charge in [-0.2, -0.15) is 0 Å². The second kappa shape index (κ2) is 6.24. The van der Waals surface area contributed by atoms with E-state index in [4.69, 9.17) is 10.6 Å². The normalized spacial score (nSPS) is 12.3. The lowest BCUT2D eigenvalue weighted by atomic mass is 9.93. The van der Waals surface area contributed by atoms with Gasteiger partial charge in [0.05, 0.1) is 18.8 Å². The molecule has 4 nitrogen and oxygen atoms in total. The summed E-state index contributed by atoms with van der Waals surface area (Å²) in [5, 5.41) is 0. The van der Waals surface area contributed by atoms with Crippen molar-refractivity contribution in [1.82, 2.24) is 10.4 Å². The predicted molar refractivity (Wildman–Crippen MR) is 85.3 cm³/mol. The van der Waals surface area contributed by atoms with Gasteiger partial charge < -0.3 is 4.74 Å². The van der Waals surface area contributed by atoms with Crippen molar-refractivity contribution in [2.75, 3.05) is 7.11 Å². The molecular weight excluding hydrogens is 262 g/mol. The van der Waals surface area contributed by atoms with E-state index < -0.39 is 0 Å². The van der Waals surface area contributed by atoms with Crippen LogP contribution in [-0.4, -0.2) is 12.1 Å². The van der Waals surface area contributed by atoms with Crippen LogP contribution in [0.15, 0.2) is 24.4 Å². The Morgan fingerprint density at radius 1 is 1.05 bits per heavy atom. The maximum absolute atomic E-state index is 5.83. The van der Waals surface area contributed by atoms with Crippen molar-refractivity contribution in [3.63, 3.8) is 0 Å². The fourth-order valence-electron chi connectivity index (χ4n) is 2.81. The molecule has 21 heavy (non-hydrogen) atoms. The molecule has 1 aromatic heterocycles. The summed E-state index contributed by atoms with van der Waals surface area (Å²) in [6, 6.07) is 6.08. The van der Waals surface area contributed by atoms with Crippen molar-refractivity contribution < 1.29 is 4.74 Å². The van der Waals surface area contributed by atoms with Crippen LogP contribution in [0.3, 0.4) is 0 Å². The van der Waals surface area contributed by atoms with Crippen LogP contribution in [-0.2, 0) is 0 Å². The third kappa shape index (κ3) is 3.06. The summed E-state index contributed by atoms with van der Waals surface area (Å²) in [5.74, 6) is 6.66. The van der Waals surface area contributed by atoms with Crippen LogP contribution in [0.5, 0.6) is 5.75 Å². The summed E-state index contributed by atoms with van der Waals surface area (Å²) in [6.45, 7) is 8.21. The van der Waals surface area contributed by atoms with Crippen LogP contribution < -0.4 is 16.0 Å². The lowest BCUT2D eigenvalue weighted by Crippen LogP contribution is -2.31. The fourth-order valence-corrected chi connectivity index (χ4v) is 2.81.